The highest BCUT2D eigenvalue weighted by Gasteiger charge is 2.06. The number of hydrogen-bond donors (Lipinski definition) is 1. The van der Waals surface area contributed by atoms with E-state index < -0.39 is 0 Å². The zero-order valence-electron chi connectivity index (χ0n) is 11.4. The van der Waals surface area contributed by atoms with Gasteiger partial charge in [-0.2, -0.15) is 5.10 Å². The van der Waals surface area contributed by atoms with Gasteiger partial charge >= 0.3 is 0 Å². The van der Waals surface area contributed by atoms with Crippen LogP contribution >= 0.6 is 0 Å². The van der Waals surface area contributed by atoms with Crippen LogP contribution in [0.5, 0.6) is 0 Å². The van der Waals surface area contributed by atoms with Crippen LogP contribution in [0.15, 0.2) is 36.5 Å². The highest BCUT2D eigenvalue weighted by atomic mass is 16.1. The quantitative estimate of drug-likeness (QED) is 0.836. The maximum atomic E-state index is 12.0. The molecule has 4 nitrogen and oxygen atoms in total. The van der Waals surface area contributed by atoms with Gasteiger partial charge in [0, 0.05) is 30.5 Å². The van der Waals surface area contributed by atoms with Gasteiger partial charge in [-0.1, -0.05) is 18.2 Å². The van der Waals surface area contributed by atoms with Gasteiger partial charge in [0.2, 0.25) is 0 Å². The van der Waals surface area contributed by atoms with E-state index in [1.165, 1.54) is 0 Å². The van der Waals surface area contributed by atoms with Crippen molar-refractivity contribution in [2.45, 2.75) is 26.8 Å². The van der Waals surface area contributed by atoms with Crippen LogP contribution in [-0.4, -0.2) is 22.2 Å². The van der Waals surface area contributed by atoms with Crippen LogP contribution < -0.4 is 5.32 Å². The van der Waals surface area contributed by atoms with Crippen molar-refractivity contribution in [1.29, 1.82) is 0 Å². The van der Waals surface area contributed by atoms with Gasteiger partial charge in [-0.05, 0) is 38.0 Å². The molecule has 0 atom stereocenters. The minimum Gasteiger partial charge on any atom is -0.352 e. The molecule has 0 unspecified atom stereocenters. The van der Waals surface area contributed by atoms with E-state index in [1.807, 2.05) is 48.9 Å². The first kappa shape index (κ1) is 13.3. The van der Waals surface area contributed by atoms with Crippen LogP contribution in [0.4, 0.5) is 0 Å². The Bertz CT molecular complexity index is 560. The Balaban J connectivity index is 1.79. The van der Waals surface area contributed by atoms with Crippen LogP contribution in [0.2, 0.25) is 0 Å². The van der Waals surface area contributed by atoms with Gasteiger partial charge in [0.15, 0.2) is 0 Å². The van der Waals surface area contributed by atoms with Gasteiger partial charge < -0.3 is 5.32 Å². The van der Waals surface area contributed by atoms with Gasteiger partial charge in [0.05, 0.1) is 0 Å². The summed E-state index contributed by atoms with van der Waals surface area (Å²) in [7, 11) is 0. The van der Waals surface area contributed by atoms with Gasteiger partial charge in [0.1, 0.15) is 0 Å². The van der Waals surface area contributed by atoms with E-state index >= 15 is 0 Å². The van der Waals surface area contributed by atoms with E-state index in [2.05, 4.69) is 10.4 Å². The van der Waals surface area contributed by atoms with E-state index in [4.69, 9.17) is 0 Å². The molecule has 2 rings (SSSR count). The Kier molecular flexibility index (Phi) is 4.34. The highest BCUT2D eigenvalue weighted by molar-refractivity contribution is 5.95. The number of carbonyl (C=O) groups is 1. The molecule has 1 aromatic carbocycles. The van der Waals surface area contributed by atoms with Crippen molar-refractivity contribution < 1.29 is 4.79 Å². The van der Waals surface area contributed by atoms with E-state index in [1.54, 1.807) is 6.20 Å². The van der Waals surface area contributed by atoms with Crippen LogP contribution in [0.1, 0.15) is 28.0 Å². The molecule has 0 saturated carbocycles. The Morgan fingerprint density at radius 2 is 2.05 bits per heavy atom. The molecule has 2 aromatic rings. The summed E-state index contributed by atoms with van der Waals surface area (Å²) in [5, 5.41) is 7.15. The molecule has 1 aromatic heterocycles. The molecule has 1 heterocycles. The third-order valence-corrected chi connectivity index (χ3v) is 3.15. The molecular weight excluding hydrogens is 238 g/mol. The fourth-order valence-electron chi connectivity index (χ4n) is 1.99. The van der Waals surface area contributed by atoms with E-state index in [0.29, 0.717) is 6.54 Å². The van der Waals surface area contributed by atoms with E-state index in [-0.39, 0.29) is 5.91 Å². The summed E-state index contributed by atoms with van der Waals surface area (Å²) in [5.41, 5.74) is 2.89. The first-order valence-electron chi connectivity index (χ1n) is 6.51. The molecule has 1 amide bonds. The number of aromatic nitrogens is 2. The fourth-order valence-corrected chi connectivity index (χ4v) is 1.99. The molecule has 0 spiro atoms. The SMILES string of the molecule is Cc1ccccc1C(=O)NCCCn1nccc1C. The summed E-state index contributed by atoms with van der Waals surface area (Å²) >= 11 is 0. The zero-order valence-corrected chi connectivity index (χ0v) is 11.4. The lowest BCUT2D eigenvalue weighted by molar-refractivity contribution is 0.0952. The number of nitrogens with zero attached hydrogens (tertiary/aromatic N) is 2. The fraction of sp³-hybridized carbons (Fsp3) is 0.333. The molecule has 100 valence electrons. The van der Waals surface area contributed by atoms with Crippen molar-refractivity contribution in [3.63, 3.8) is 0 Å². The molecule has 0 bridgehead atoms. The lowest BCUT2D eigenvalue weighted by Gasteiger charge is -2.08. The maximum absolute atomic E-state index is 12.0. The predicted octanol–water partition coefficient (Wildman–Crippen LogP) is 2.32. The second-order valence-electron chi connectivity index (χ2n) is 4.62. The Hall–Kier alpha value is -2.10. The van der Waals surface area contributed by atoms with E-state index in [9.17, 15) is 4.79 Å². The second-order valence-corrected chi connectivity index (χ2v) is 4.62. The number of rotatable bonds is 5. The summed E-state index contributed by atoms with van der Waals surface area (Å²) in [6.45, 7) is 5.46. The van der Waals surface area contributed by atoms with Crippen LogP contribution in [0.25, 0.3) is 0 Å². The topological polar surface area (TPSA) is 46.9 Å². The van der Waals surface area contributed by atoms with Gasteiger partial charge in [-0.3, -0.25) is 9.48 Å². The van der Waals surface area contributed by atoms with Gasteiger partial charge in [-0.15, -0.1) is 0 Å². The summed E-state index contributed by atoms with van der Waals surface area (Å²) in [5.74, 6) is -0.00436. The summed E-state index contributed by atoms with van der Waals surface area (Å²) < 4.78 is 1.94. The number of hydrogen-bond acceptors (Lipinski definition) is 2. The Morgan fingerprint density at radius 3 is 2.74 bits per heavy atom. The molecule has 0 aliphatic heterocycles. The third kappa shape index (κ3) is 3.44. The number of carbonyl (C=O) groups excluding carboxylic acids is 1. The molecule has 1 N–H and O–H groups in total. The summed E-state index contributed by atoms with van der Waals surface area (Å²) in [4.78, 5) is 12.0. The van der Waals surface area contributed by atoms with Crippen LogP contribution in [0.3, 0.4) is 0 Å². The van der Waals surface area contributed by atoms with Crippen molar-refractivity contribution in [2.24, 2.45) is 0 Å². The van der Waals surface area contributed by atoms with Crippen molar-refractivity contribution in [2.75, 3.05) is 6.54 Å². The van der Waals surface area contributed by atoms with Crippen molar-refractivity contribution in [3.8, 4) is 0 Å². The molecule has 19 heavy (non-hydrogen) atoms. The highest BCUT2D eigenvalue weighted by Crippen LogP contribution is 2.06. The molecule has 4 heteroatoms. The zero-order chi connectivity index (χ0) is 13.7. The standard InChI is InChI=1S/C15H19N3O/c1-12-6-3-4-7-14(12)15(19)16-9-5-11-18-13(2)8-10-17-18/h3-4,6-8,10H,5,9,11H2,1-2H3,(H,16,19). The number of benzene rings is 1. The molecule has 0 radical (unpaired) electrons. The van der Waals surface area contributed by atoms with Crippen molar-refractivity contribution >= 4 is 5.91 Å². The number of aryl methyl sites for hydroxylation is 3. The molecule has 0 aliphatic carbocycles. The van der Waals surface area contributed by atoms with Crippen LogP contribution in [0, 0.1) is 13.8 Å². The maximum Gasteiger partial charge on any atom is 0.251 e. The number of nitrogens with one attached hydrogen (secondary N) is 1. The average molecular weight is 257 g/mol. The smallest absolute Gasteiger partial charge is 0.251 e. The minimum absolute atomic E-state index is 0.00436. The lowest BCUT2D eigenvalue weighted by atomic mass is 10.1. The van der Waals surface area contributed by atoms with Crippen LogP contribution in [-0.2, 0) is 6.54 Å². The van der Waals surface area contributed by atoms with Crippen molar-refractivity contribution in [3.05, 3.63) is 53.3 Å². The first-order valence-corrected chi connectivity index (χ1v) is 6.51. The molecule has 0 saturated heterocycles. The molecule has 0 aliphatic rings. The largest absolute Gasteiger partial charge is 0.352 e. The second kappa shape index (κ2) is 6.18. The predicted molar refractivity (Wildman–Crippen MR) is 75.1 cm³/mol. The lowest BCUT2D eigenvalue weighted by Crippen LogP contribution is -2.26. The summed E-state index contributed by atoms with van der Waals surface area (Å²) in [6.07, 6.45) is 2.67. The average Bonchev–Trinajstić information content (AvgIpc) is 2.80. The Morgan fingerprint density at radius 1 is 1.26 bits per heavy atom. The number of amides is 1. The third-order valence-electron chi connectivity index (χ3n) is 3.15. The minimum atomic E-state index is -0.00436. The normalized spacial score (nSPS) is 10.4. The van der Waals surface area contributed by atoms with Gasteiger partial charge in [0.25, 0.3) is 5.91 Å². The Labute approximate surface area is 113 Å². The van der Waals surface area contributed by atoms with Gasteiger partial charge in [-0.25, -0.2) is 0 Å². The first-order chi connectivity index (χ1) is 9.18. The van der Waals surface area contributed by atoms with Crippen molar-refractivity contribution in [1.82, 2.24) is 15.1 Å². The monoisotopic (exact) mass is 257 g/mol. The molecular formula is C15H19N3O. The molecule has 0 fully saturated rings. The summed E-state index contributed by atoms with van der Waals surface area (Å²) in [6, 6.07) is 9.60. The van der Waals surface area contributed by atoms with E-state index in [0.717, 1.165) is 29.8 Å².